The minimum absolute atomic E-state index is 0.242. The molecule has 1 fully saturated rings. The number of hydrogen-bond donors (Lipinski definition) is 0. The van der Waals surface area contributed by atoms with E-state index in [2.05, 4.69) is 23.4 Å². The van der Waals surface area contributed by atoms with Crippen LogP contribution >= 0.6 is 0 Å². The second kappa shape index (κ2) is 7.98. The van der Waals surface area contributed by atoms with Gasteiger partial charge in [-0.25, -0.2) is 9.18 Å². The van der Waals surface area contributed by atoms with Crippen LogP contribution < -0.4 is 4.90 Å². The van der Waals surface area contributed by atoms with Gasteiger partial charge in [-0.2, -0.15) is 0 Å². The van der Waals surface area contributed by atoms with Gasteiger partial charge in [-0.15, -0.1) is 0 Å². The average Bonchev–Trinajstić information content (AvgIpc) is 3.49. The van der Waals surface area contributed by atoms with Gasteiger partial charge < -0.3 is 9.30 Å². The third kappa shape index (κ3) is 4.58. The maximum Gasteiger partial charge on any atom is 0.415 e. The molecule has 31 heavy (non-hydrogen) atoms. The predicted molar refractivity (Wildman–Crippen MR) is 121 cm³/mol. The van der Waals surface area contributed by atoms with Crippen LogP contribution in [0.15, 0.2) is 36.5 Å². The molecular formula is C25H30FN3O2. The molecule has 0 radical (unpaired) electrons. The standard InChI is InChI=1S/C25H30FN3O2/c1-16-17(2)28(14-18-6-7-18)23-21(16)12-13-27-22(23)15-29(24(30)31-25(3,4)5)20-10-8-19(26)9-11-20/h8-13,18H,6-7,14-15H2,1-5H3. The fourth-order valence-electron chi connectivity index (χ4n) is 3.92. The topological polar surface area (TPSA) is 47.4 Å². The predicted octanol–water partition coefficient (Wildman–Crippen LogP) is 6.14. The van der Waals surface area contributed by atoms with E-state index in [9.17, 15) is 9.18 Å². The Bertz CT molecular complexity index is 1110. The number of halogens is 1. The third-order valence-corrected chi connectivity index (χ3v) is 5.82. The molecule has 2 heterocycles. The molecule has 4 rings (SSSR count). The highest BCUT2D eigenvalue weighted by Gasteiger charge is 2.28. The van der Waals surface area contributed by atoms with E-state index in [1.54, 1.807) is 18.3 Å². The zero-order valence-corrected chi connectivity index (χ0v) is 18.9. The number of anilines is 1. The summed E-state index contributed by atoms with van der Waals surface area (Å²) in [5.41, 5.74) is 4.29. The fourth-order valence-corrected chi connectivity index (χ4v) is 3.92. The molecule has 1 aliphatic carbocycles. The number of pyridine rings is 1. The fraction of sp³-hybridized carbons (Fsp3) is 0.440. The molecule has 5 nitrogen and oxygen atoms in total. The number of aryl methyl sites for hydroxylation is 1. The summed E-state index contributed by atoms with van der Waals surface area (Å²) in [5.74, 6) is 0.360. The molecule has 6 heteroatoms. The Morgan fingerprint density at radius 1 is 1.19 bits per heavy atom. The van der Waals surface area contributed by atoms with Crippen molar-refractivity contribution in [1.29, 1.82) is 0 Å². The van der Waals surface area contributed by atoms with Gasteiger partial charge in [0.1, 0.15) is 11.4 Å². The molecule has 0 aliphatic heterocycles. The lowest BCUT2D eigenvalue weighted by molar-refractivity contribution is 0.0577. The Morgan fingerprint density at radius 2 is 1.87 bits per heavy atom. The number of aromatic nitrogens is 2. The molecule has 0 unspecified atom stereocenters. The van der Waals surface area contributed by atoms with Crippen molar-refractivity contribution < 1.29 is 13.9 Å². The molecule has 1 aromatic carbocycles. The second-order valence-electron chi connectivity index (χ2n) is 9.46. The van der Waals surface area contributed by atoms with Gasteiger partial charge in [0.25, 0.3) is 0 Å². The molecule has 2 aromatic heterocycles. The minimum Gasteiger partial charge on any atom is -0.443 e. The number of hydrogen-bond acceptors (Lipinski definition) is 3. The number of rotatable bonds is 5. The number of nitrogens with zero attached hydrogens (tertiary/aromatic N) is 3. The van der Waals surface area contributed by atoms with Crippen molar-refractivity contribution in [1.82, 2.24) is 9.55 Å². The van der Waals surface area contributed by atoms with E-state index in [0.29, 0.717) is 11.6 Å². The Labute approximate surface area is 182 Å². The second-order valence-corrected chi connectivity index (χ2v) is 9.46. The monoisotopic (exact) mass is 423 g/mol. The summed E-state index contributed by atoms with van der Waals surface area (Å²) in [5, 5.41) is 1.16. The van der Waals surface area contributed by atoms with Crippen LogP contribution in [0.3, 0.4) is 0 Å². The normalized spacial score (nSPS) is 14.1. The van der Waals surface area contributed by atoms with E-state index in [-0.39, 0.29) is 12.4 Å². The van der Waals surface area contributed by atoms with Gasteiger partial charge in [-0.1, -0.05) is 0 Å². The largest absolute Gasteiger partial charge is 0.443 e. The maximum absolute atomic E-state index is 13.5. The molecule has 1 amide bonds. The number of carbonyl (C=O) groups excluding carboxylic acids is 1. The van der Waals surface area contributed by atoms with Crippen molar-refractivity contribution in [2.75, 3.05) is 4.90 Å². The van der Waals surface area contributed by atoms with Crippen LogP contribution in [-0.4, -0.2) is 21.2 Å². The Balaban J connectivity index is 1.78. The van der Waals surface area contributed by atoms with Gasteiger partial charge >= 0.3 is 6.09 Å². The van der Waals surface area contributed by atoms with E-state index in [1.165, 1.54) is 41.1 Å². The van der Waals surface area contributed by atoms with Crippen LogP contribution in [0.5, 0.6) is 0 Å². The van der Waals surface area contributed by atoms with Crippen LogP contribution in [0, 0.1) is 25.6 Å². The molecule has 3 aromatic rings. The van der Waals surface area contributed by atoms with Crippen LogP contribution in [0.25, 0.3) is 10.9 Å². The van der Waals surface area contributed by atoms with E-state index >= 15 is 0 Å². The first kappa shape index (κ1) is 21.3. The van der Waals surface area contributed by atoms with Crippen LogP contribution in [0.1, 0.15) is 50.6 Å². The lowest BCUT2D eigenvalue weighted by atomic mass is 10.1. The number of fused-ring (bicyclic) bond motifs is 1. The van der Waals surface area contributed by atoms with Crippen LogP contribution in [0.4, 0.5) is 14.9 Å². The zero-order valence-electron chi connectivity index (χ0n) is 18.9. The first-order valence-corrected chi connectivity index (χ1v) is 10.8. The quantitative estimate of drug-likeness (QED) is 0.495. The summed E-state index contributed by atoms with van der Waals surface area (Å²) in [7, 11) is 0. The molecule has 1 saturated carbocycles. The van der Waals surface area contributed by atoms with Crippen molar-refractivity contribution in [3.63, 3.8) is 0 Å². The maximum atomic E-state index is 13.5. The Kier molecular flexibility index (Phi) is 5.50. The SMILES string of the molecule is Cc1c(C)n(CC2CC2)c2c(CN(C(=O)OC(C)(C)C)c3ccc(F)cc3)nccc12. The van der Waals surface area contributed by atoms with Gasteiger partial charge in [0, 0.05) is 29.5 Å². The summed E-state index contributed by atoms with van der Waals surface area (Å²) in [6, 6.07) is 7.94. The van der Waals surface area contributed by atoms with E-state index in [0.717, 1.165) is 23.1 Å². The van der Waals surface area contributed by atoms with Crippen LogP contribution in [-0.2, 0) is 17.8 Å². The van der Waals surface area contributed by atoms with E-state index in [1.807, 2.05) is 26.8 Å². The number of benzene rings is 1. The van der Waals surface area contributed by atoms with Crippen LogP contribution in [0.2, 0.25) is 0 Å². The molecular weight excluding hydrogens is 393 g/mol. The lowest BCUT2D eigenvalue weighted by Crippen LogP contribution is -2.36. The minimum atomic E-state index is -0.645. The third-order valence-electron chi connectivity index (χ3n) is 5.82. The summed E-state index contributed by atoms with van der Waals surface area (Å²) in [4.78, 5) is 19.3. The molecule has 0 bridgehead atoms. The van der Waals surface area contributed by atoms with E-state index in [4.69, 9.17) is 4.74 Å². The number of amides is 1. The van der Waals surface area contributed by atoms with Gasteiger partial charge in [0.2, 0.25) is 0 Å². The van der Waals surface area contributed by atoms with Gasteiger partial charge in [-0.3, -0.25) is 9.88 Å². The van der Waals surface area contributed by atoms with Gasteiger partial charge in [0.15, 0.2) is 0 Å². The summed E-state index contributed by atoms with van der Waals surface area (Å²) in [6.45, 7) is 11.0. The van der Waals surface area contributed by atoms with Crippen molar-refractivity contribution >= 4 is 22.7 Å². The summed E-state index contributed by atoms with van der Waals surface area (Å²) < 4.78 is 21.5. The molecule has 0 saturated heterocycles. The molecule has 0 atom stereocenters. The Morgan fingerprint density at radius 3 is 2.48 bits per heavy atom. The zero-order chi connectivity index (χ0) is 22.3. The molecule has 164 valence electrons. The number of carbonyl (C=O) groups is 1. The Hall–Kier alpha value is -2.89. The van der Waals surface area contributed by atoms with E-state index < -0.39 is 11.7 Å². The van der Waals surface area contributed by atoms with Gasteiger partial charge in [0.05, 0.1) is 17.8 Å². The molecule has 1 aliphatic rings. The first-order chi connectivity index (χ1) is 14.6. The average molecular weight is 424 g/mol. The lowest BCUT2D eigenvalue weighted by Gasteiger charge is -2.27. The summed E-state index contributed by atoms with van der Waals surface area (Å²) >= 11 is 0. The highest BCUT2D eigenvalue weighted by Crippen LogP contribution is 2.35. The van der Waals surface area contributed by atoms with Gasteiger partial charge in [-0.05, 0) is 89.3 Å². The first-order valence-electron chi connectivity index (χ1n) is 10.8. The van der Waals surface area contributed by atoms with Crippen molar-refractivity contribution in [3.05, 3.63) is 59.3 Å². The molecule has 0 N–H and O–H groups in total. The molecule has 0 spiro atoms. The number of ether oxygens (including phenoxy) is 1. The van der Waals surface area contributed by atoms with Crippen molar-refractivity contribution in [2.24, 2.45) is 5.92 Å². The summed E-state index contributed by atoms with van der Waals surface area (Å²) in [6.07, 6.45) is 3.83. The highest BCUT2D eigenvalue weighted by molar-refractivity contribution is 5.90. The highest BCUT2D eigenvalue weighted by atomic mass is 19.1. The van der Waals surface area contributed by atoms with Crippen molar-refractivity contribution in [3.8, 4) is 0 Å². The smallest absolute Gasteiger partial charge is 0.415 e. The van der Waals surface area contributed by atoms with Crippen molar-refractivity contribution in [2.45, 2.75) is 66.2 Å².